The maximum atomic E-state index is 6.13. The molecule has 0 saturated heterocycles. The van der Waals surface area contributed by atoms with Gasteiger partial charge in [0.25, 0.3) is 0 Å². The Morgan fingerprint density at radius 2 is 1.64 bits per heavy atom. The molecule has 0 unspecified atom stereocenters. The molecule has 0 bridgehead atoms. The van der Waals surface area contributed by atoms with Crippen LogP contribution in [0.1, 0.15) is 32.1 Å². The van der Waals surface area contributed by atoms with Gasteiger partial charge in [-0.05, 0) is 39.0 Å². The van der Waals surface area contributed by atoms with Gasteiger partial charge >= 0.3 is 8.56 Å². The van der Waals surface area contributed by atoms with Crippen LogP contribution in [0, 0.1) is 0 Å². The molecule has 1 fully saturated rings. The molecule has 1 saturated carbocycles. The normalized spacial score (nSPS) is 20.4. The van der Waals surface area contributed by atoms with Crippen LogP contribution in [0.3, 0.4) is 0 Å². The number of hydrogen-bond donors (Lipinski definition) is 0. The van der Waals surface area contributed by atoms with Gasteiger partial charge in [0.05, 0.1) is 0 Å². The van der Waals surface area contributed by atoms with E-state index in [4.69, 9.17) is 8.54 Å². The van der Waals surface area contributed by atoms with Crippen LogP contribution in [0.2, 0.25) is 26.2 Å². The summed E-state index contributed by atoms with van der Waals surface area (Å²) in [5, 5.41) is 0. The van der Waals surface area contributed by atoms with Gasteiger partial charge in [0.2, 0.25) is 0 Å². The van der Waals surface area contributed by atoms with E-state index in [9.17, 15) is 0 Å². The van der Waals surface area contributed by atoms with Crippen molar-refractivity contribution in [3.05, 3.63) is 0 Å². The lowest BCUT2D eigenvalue weighted by molar-refractivity contribution is 0.120. The lowest BCUT2D eigenvalue weighted by atomic mass is 9.98. The highest BCUT2D eigenvalue weighted by Gasteiger charge is 2.30. The van der Waals surface area contributed by atoms with Crippen LogP contribution >= 0.6 is 0 Å². The predicted octanol–water partition coefficient (Wildman–Crippen LogP) is 3.31. The Bertz CT molecular complexity index is 166. The van der Waals surface area contributed by atoms with Crippen molar-refractivity contribution in [3.8, 4) is 0 Å². The van der Waals surface area contributed by atoms with Crippen molar-refractivity contribution in [2.45, 2.75) is 64.4 Å². The van der Waals surface area contributed by atoms with Gasteiger partial charge in [-0.2, -0.15) is 0 Å². The standard InChI is InChI=1S/C10H23O2Si2/c1-13(2)12-14(3,4)11-10-8-6-5-7-9-10/h10H,5-9H2,1-4H3. The van der Waals surface area contributed by atoms with Crippen LogP contribution in [0.25, 0.3) is 0 Å². The van der Waals surface area contributed by atoms with Crippen LogP contribution in [-0.2, 0) is 8.54 Å². The van der Waals surface area contributed by atoms with Crippen molar-refractivity contribution in [2.24, 2.45) is 0 Å². The molecule has 1 radical (unpaired) electrons. The summed E-state index contributed by atoms with van der Waals surface area (Å²) >= 11 is 0. The third-order valence-corrected chi connectivity index (χ3v) is 6.95. The minimum absolute atomic E-state index is 0.492. The van der Waals surface area contributed by atoms with Gasteiger partial charge < -0.3 is 8.54 Å². The monoisotopic (exact) mass is 231 g/mol. The average Bonchev–Trinajstić information content (AvgIpc) is 2.02. The van der Waals surface area contributed by atoms with Crippen LogP contribution in [0.4, 0.5) is 0 Å². The Morgan fingerprint density at radius 3 is 2.14 bits per heavy atom. The van der Waals surface area contributed by atoms with Crippen molar-refractivity contribution in [1.29, 1.82) is 0 Å². The zero-order valence-corrected chi connectivity index (χ0v) is 11.9. The summed E-state index contributed by atoms with van der Waals surface area (Å²) in [5.41, 5.74) is 0. The first kappa shape index (κ1) is 12.4. The summed E-state index contributed by atoms with van der Waals surface area (Å²) in [4.78, 5) is 0. The van der Waals surface area contributed by atoms with E-state index in [0.29, 0.717) is 6.10 Å². The van der Waals surface area contributed by atoms with Crippen LogP contribution in [0.5, 0.6) is 0 Å². The van der Waals surface area contributed by atoms with Crippen LogP contribution < -0.4 is 0 Å². The molecule has 1 aliphatic rings. The number of rotatable bonds is 4. The fourth-order valence-corrected chi connectivity index (χ4v) is 7.26. The number of hydrogen-bond acceptors (Lipinski definition) is 2. The minimum atomic E-state index is -1.81. The summed E-state index contributed by atoms with van der Waals surface area (Å²) in [6, 6.07) is 0. The van der Waals surface area contributed by atoms with E-state index in [2.05, 4.69) is 26.2 Å². The highest BCUT2D eigenvalue weighted by Crippen LogP contribution is 2.24. The van der Waals surface area contributed by atoms with E-state index in [1.165, 1.54) is 32.1 Å². The fraction of sp³-hybridized carbons (Fsp3) is 1.00. The molecule has 1 rings (SSSR count). The van der Waals surface area contributed by atoms with Gasteiger partial charge in [0.1, 0.15) is 0 Å². The summed E-state index contributed by atoms with van der Waals surface area (Å²) in [5.74, 6) is 0. The molecule has 4 heteroatoms. The van der Waals surface area contributed by atoms with Crippen LogP contribution in [0.15, 0.2) is 0 Å². The van der Waals surface area contributed by atoms with Gasteiger partial charge in [0, 0.05) is 6.10 Å². The molecule has 0 N–H and O–H groups in total. The van der Waals surface area contributed by atoms with Crippen molar-refractivity contribution in [1.82, 2.24) is 0 Å². The first-order valence-corrected chi connectivity index (χ1v) is 10.9. The van der Waals surface area contributed by atoms with Crippen molar-refractivity contribution in [3.63, 3.8) is 0 Å². The Kier molecular flexibility index (Phi) is 4.83. The summed E-state index contributed by atoms with van der Waals surface area (Å²) in [6.45, 7) is 8.73. The second-order valence-electron chi connectivity index (χ2n) is 4.79. The molecule has 0 aromatic carbocycles. The van der Waals surface area contributed by atoms with E-state index in [-0.39, 0.29) is 0 Å². The molecule has 0 aromatic heterocycles. The molecule has 83 valence electrons. The first-order chi connectivity index (χ1) is 6.49. The Morgan fingerprint density at radius 1 is 1.07 bits per heavy atom. The van der Waals surface area contributed by atoms with E-state index >= 15 is 0 Å². The van der Waals surface area contributed by atoms with E-state index in [0.717, 1.165) is 0 Å². The molecule has 2 nitrogen and oxygen atoms in total. The zero-order chi connectivity index (χ0) is 10.6. The quantitative estimate of drug-likeness (QED) is 0.691. The molecule has 14 heavy (non-hydrogen) atoms. The maximum Gasteiger partial charge on any atom is 0.321 e. The maximum absolute atomic E-state index is 6.13. The molecule has 1 aliphatic carbocycles. The van der Waals surface area contributed by atoms with E-state index in [1.807, 2.05) is 0 Å². The molecule has 0 spiro atoms. The lowest BCUT2D eigenvalue weighted by Gasteiger charge is -2.32. The Hall–Kier alpha value is 0.354. The van der Waals surface area contributed by atoms with Crippen molar-refractivity contribution >= 4 is 17.6 Å². The second-order valence-corrected chi connectivity index (χ2v) is 10.5. The minimum Gasteiger partial charge on any atom is -0.436 e. The molecule has 0 atom stereocenters. The molecular formula is C10H23O2Si2. The molecule has 0 aliphatic heterocycles. The Labute approximate surface area is 91.0 Å². The highest BCUT2D eigenvalue weighted by atomic mass is 28.4. The highest BCUT2D eigenvalue weighted by molar-refractivity contribution is 6.72. The van der Waals surface area contributed by atoms with Gasteiger partial charge in [-0.1, -0.05) is 19.3 Å². The van der Waals surface area contributed by atoms with Gasteiger partial charge in [-0.15, -0.1) is 0 Å². The molecule has 0 heterocycles. The van der Waals surface area contributed by atoms with Crippen molar-refractivity contribution < 1.29 is 8.54 Å². The zero-order valence-electron chi connectivity index (χ0n) is 9.93. The Balaban J connectivity index is 2.32. The third kappa shape index (κ3) is 4.73. The van der Waals surface area contributed by atoms with Crippen molar-refractivity contribution in [2.75, 3.05) is 0 Å². The largest absolute Gasteiger partial charge is 0.436 e. The van der Waals surface area contributed by atoms with E-state index in [1.54, 1.807) is 0 Å². The summed E-state index contributed by atoms with van der Waals surface area (Å²) in [6.07, 6.45) is 7.05. The summed E-state index contributed by atoms with van der Waals surface area (Å²) < 4.78 is 12.1. The molecule has 0 aromatic rings. The third-order valence-electron chi connectivity index (χ3n) is 2.45. The summed E-state index contributed by atoms with van der Waals surface area (Å²) in [7, 11) is -2.41. The first-order valence-electron chi connectivity index (χ1n) is 5.66. The van der Waals surface area contributed by atoms with Gasteiger partial charge in [-0.25, -0.2) is 0 Å². The smallest absolute Gasteiger partial charge is 0.321 e. The molecular weight excluding hydrogens is 208 g/mol. The van der Waals surface area contributed by atoms with Gasteiger partial charge in [0.15, 0.2) is 9.04 Å². The lowest BCUT2D eigenvalue weighted by Crippen LogP contribution is -2.42. The fourth-order valence-electron chi connectivity index (χ4n) is 2.10. The van der Waals surface area contributed by atoms with Gasteiger partial charge in [-0.3, -0.25) is 0 Å². The van der Waals surface area contributed by atoms with Crippen LogP contribution in [-0.4, -0.2) is 23.7 Å². The predicted molar refractivity (Wildman–Crippen MR) is 64.0 cm³/mol. The SMILES string of the molecule is C[Si](C)O[Si](C)(C)OC1CCCCC1. The van der Waals surface area contributed by atoms with E-state index < -0.39 is 17.6 Å². The molecule has 0 amide bonds. The average molecular weight is 231 g/mol. The topological polar surface area (TPSA) is 18.5 Å². The second kappa shape index (κ2) is 5.44.